The molecule has 0 spiro atoms. The van der Waals surface area contributed by atoms with Gasteiger partial charge in [-0.25, -0.2) is 18.6 Å². The third-order valence-electron chi connectivity index (χ3n) is 2.90. The number of benzene rings is 2. The molecular formula is C16H9F2NO2. The van der Waals surface area contributed by atoms with Gasteiger partial charge in [0.2, 0.25) is 5.90 Å². The summed E-state index contributed by atoms with van der Waals surface area (Å²) in [6.07, 6.45) is 1.23. The Hall–Kier alpha value is -2.82. The second-order valence-electron chi connectivity index (χ2n) is 4.37. The third-order valence-corrected chi connectivity index (χ3v) is 2.90. The van der Waals surface area contributed by atoms with Gasteiger partial charge in [0.05, 0.1) is 0 Å². The number of aliphatic imine (C=N–C) groups is 1. The molecule has 2 aromatic rings. The Morgan fingerprint density at radius 3 is 2.52 bits per heavy atom. The minimum atomic E-state index is -0.765. The van der Waals surface area contributed by atoms with Crippen LogP contribution in [0.15, 0.2) is 59.2 Å². The van der Waals surface area contributed by atoms with Gasteiger partial charge in [0.25, 0.3) is 0 Å². The number of rotatable bonds is 2. The van der Waals surface area contributed by atoms with Gasteiger partial charge in [0.1, 0.15) is 11.6 Å². The van der Waals surface area contributed by atoms with E-state index in [0.29, 0.717) is 5.56 Å². The lowest BCUT2D eigenvalue weighted by atomic mass is 10.2. The molecule has 5 heteroatoms. The third kappa shape index (κ3) is 2.72. The number of carbonyl (C=O) groups is 1. The molecule has 0 unspecified atom stereocenters. The van der Waals surface area contributed by atoms with Crippen molar-refractivity contribution in [1.82, 2.24) is 0 Å². The van der Waals surface area contributed by atoms with Crippen molar-refractivity contribution in [3.05, 3.63) is 77.0 Å². The van der Waals surface area contributed by atoms with Crippen molar-refractivity contribution in [3.8, 4) is 0 Å². The number of ether oxygens (including phenoxy) is 1. The maximum absolute atomic E-state index is 13.6. The lowest BCUT2D eigenvalue weighted by molar-refractivity contribution is -0.129. The van der Waals surface area contributed by atoms with Crippen LogP contribution in [0.25, 0.3) is 6.08 Å². The van der Waals surface area contributed by atoms with Crippen molar-refractivity contribution in [3.63, 3.8) is 0 Å². The van der Waals surface area contributed by atoms with Crippen LogP contribution in [0.2, 0.25) is 0 Å². The molecule has 0 fully saturated rings. The van der Waals surface area contributed by atoms with Crippen molar-refractivity contribution in [2.75, 3.05) is 0 Å². The highest BCUT2D eigenvalue weighted by atomic mass is 19.1. The first-order chi connectivity index (χ1) is 10.1. The highest BCUT2D eigenvalue weighted by molar-refractivity contribution is 6.12. The van der Waals surface area contributed by atoms with E-state index in [1.165, 1.54) is 12.1 Å². The molecule has 1 aliphatic heterocycles. The summed E-state index contributed by atoms with van der Waals surface area (Å²) in [5.41, 5.74) is 0.689. The molecule has 0 N–H and O–H groups in total. The van der Waals surface area contributed by atoms with Crippen LogP contribution in [0.4, 0.5) is 8.78 Å². The van der Waals surface area contributed by atoms with Crippen LogP contribution >= 0.6 is 0 Å². The van der Waals surface area contributed by atoms with Gasteiger partial charge in [-0.15, -0.1) is 0 Å². The minimum absolute atomic E-state index is 0.0284. The Labute approximate surface area is 119 Å². The number of esters is 1. The maximum atomic E-state index is 13.6. The SMILES string of the molecule is O=C1OC(c2ccccc2)=NC1=Cc1ccc(F)cc1F. The molecule has 3 nitrogen and oxygen atoms in total. The van der Waals surface area contributed by atoms with Gasteiger partial charge in [0, 0.05) is 17.2 Å². The van der Waals surface area contributed by atoms with Crippen molar-refractivity contribution < 1.29 is 18.3 Å². The molecule has 0 radical (unpaired) electrons. The summed E-state index contributed by atoms with van der Waals surface area (Å²) in [7, 11) is 0. The monoisotopic (exact) mass is 285 g/mol. The molecule has 0 bridgehead atoms. The van der Waals surface area contributed by atoms with Crippen LogP contribution in [-0.2, 0) is 9.53 Å². The molecule has 3 rings (SSSR count). The van der Waals surface area contributed by atoms with Crippen LogP contribution in [-0.4, -0.2) is 11.9 Å². The molecule has 0 saturated heterocycles. The minimum Gasteiger partial charge on any atom is -0.402 e. The molecule has 0 atom stereocenters. The Bertz CT molecular complexity index is 767. The standard InChI is InChI=1S/C16H9F2NO2/c17-12-7-6-11(13(18)9-12)8-14-16(20)21-15(19-14)10-4-2-1-3-5-10/h1-9H. The summed E-state index contributed by atoms with van der Waals surface area (Å²) in [4.78, 5) is 15.8. The van der Waals surface area contributed by atoms with Gasteiger partial charge in [-0.3, -0.25) is 0 Å². The lowest BCUT2D eigenvalue weighted by Crippen LogP contribution is -2.05. The van der Waals surface area contributed by atoms with Gasteiger partial charge in [-0.1, -0.05) is 18.2 Å². The van der Waals surface area contributed by atoms with E-state index in [1.807, 2.05) is 6.07 Å². The van der Waals surface area contributed by atoms with Crippen molar-refractivity contribution >= 4 is 17.9 Å². The van der Waals surface area contributed by atoms with E-state index < -0.39 is 17.6 Å². The predicted molar refractivity (Wildman–Crippen MR) is 73.4 cm³/mol. The van der Waals surface area contributed by atoms with Crippen molar-refractivity contribution in [1.29, 1.82) is 0 Å². The second-order valence-corrected chi connectivity index (χ2v) is 4.37. The van der Waals surface area contributed by atoms with E-state index in [-0.39, 0.29) is 17.2 Å². The normalized spacial score (nSPS) is 16.0. The highest BCUT2D eigenvalue weighted by Crippen LogP contribution is 2.20. The maximum Gasteiger partial charge on any atom is 0.363 e. The lowest BCUT2D eigenvalue weighted by Gasteiger charge is -1.97. The summed E-state index contributed by atoms with van der Waals surface area (Å²) >= 11 is 0. The Kier molecular flexibility index (Phi) is 3.31. The Morgan fingerprint density at radius 1 is 1.05 bits per heavy atom. The van der Waals surface area contributed by atoms with Crippen LogP contribution in [0, 0.1) is 11.6 Å². The van der Waals surface area contributed by atoms with E-state index in [0.717, 1.165) is 12.1 Å². The summed E-state index contributed by atoms with van der Waals surface area (Å²) in [5.74, 6) is -1.96. The first kappa shape index (κ1) is 13.2. The average Bonchev–Trinajstić information content (AvgIpc) is 2.84. The van der Waals surface area contributed by atoms with Gasteiger partial charge in [0.15, 0.2) is 5.70 Å². The van der Waals surface area contributed by atoms with Crippen LogP contribution < -0.4 is 0 Å². The quantitative estimate of drug-likeness (QED) is 0.627. The highest BCUT2D eigenvalue weighted by Gasteiger charge is 2.24. The Balaban J connectivity index is 1.97. The molecule has 21 heavy (non-hydrogen) atoms. The topological polar surface area (TPSA) is 38.7 Å². The fourth-order valence-electron chi connectivity index (χ4n) is 1.88. The molecule has 1 heterocycles. The summed E-state index contributed by atoms with van der Waals surface area (Å²) in [6, 6.07) is 12.0. The number of nitrogens with zero attached hydrogens (tertiary/aromatic N) is 1. The molecule has 1 aliphatic rings. The van der Waals surface area contributed by atoms with Gasteiger partial charge < -0.3 is 4.74 Å². The zero-order valence-corrected chi connectivity index (χ0v) is 10.7. The molecule has 104 valence electrons. The number of cyclic esters (lactones) is 1. The van der Waals surface area contributed by atoms with E-state index in [2.05, 4.69) is 4.99 Å². The van der Waals surface area contributed by atoms with Gasteiger partial charge in [-0.05, 0) is 30.3 Å². The van der Waals surface area contributed by atoms with Crippen LogP contribution in [0.3, 0.4) is 0 Å². The molecule has 0 aliphatic carbocycles. The smallest absolute Gasteiger partial charge is 0.363 e. The van der Waals surface area contributed by atoms with Crippen molar-refractivity contribution in [2.45, 2.75) is 0 Å². The largest absolute Gasteiger partial charge is 0.402 e. The molecular weight excluding hydrogens is 276 g/mol. The van der Waals surface area contributed by atoms with E-state index in [1.54, 1.807) is 24.3 Å². The average molecular weight is 285 g/mol. The number of carbonyl (C=O) groups excluding carboxylic acids is 1. The van der Waals surface area contributed by atoms with E-state index in [4.69, 9.17) is 4.74 Å². The fraction of sp³-hybridized carbons (Fsp3) is 0. The number of hydrogen-bond donors (Lipinski definition) is 0. The molecule has 0 saturated carbocycles. The molecule has 2 aromatic carbocycles. The zero-order chi connectivity index (χ0) is 14.8. The van der Waals surface area contributed by atoms with Gasteiger partial charge in [-0.2, -0.15) is 0 Å². The van der Waals surface area contributed by atoms with Crippen LogP contribution in [0.5, 0.6) is 0 Å². The number of hydrogen-bond acceptors (Lipinski definition) is 3. The van der Waals surface area contributed by atoms with Crippen LogP contribution in [0.1, 0.15) is 11.1 Å². The van der Waals surface area contributed by atoms with Crippen molar-refractivity contribution in [2.24, 2.45) is 4.99 Å². The number of halogens is 2. The summed E-state index contributed by atoms with van der Waals surface area (Å²) in [6.45, 7) is 0. The first-order valence-electron chi connectivity index (χ1n) is 6.16. The predicted octanol–water partition coefficient (Wildman–Crippen LogP) is 3.31. The van der Waals surface area contributed by atoms with E-state index in [9.17, 15) is 13.6 Å². The fourth-order valence-corrected chi connectivity index (χ4v) is 1.88. The van der Waals surface area contributed by atoms with Gasteiger partial charge >= 0.3 is 5.97 Å². The van der Waals surface area contributed by atoms with E-state index >= 15 is 0 Å². The molecule has 0 amide bonds. The Morgan fingerprint density at radius 2 is 1.81 bits per heavy atom. The summed E-state index contributed by atoms with van der Waals surface area (Å²) in [5, 5.41) is 0. The molecule has 0 aromatic heterocycles. The summed E-state index contributed by atoms with van der Waals surface area (Å²) < 4.78 is 31.4. The first-order valence-corrected chi connectivity index (χ1v) is 6.16. The zero-order valence-electron chi connectivity index (χ0n) is 10.7. The second kappa shape index (κ2) is 5.28.